The van der Waals surface area contributed by atoms with Crippen LogP contribution < -0.4 is 20.1 Å². The van der Waals surface area contributed by atoms with Crippen LogP contribution in [-0.4, -0.2) is 57.8 Å². The van der Waals surface area contributed by atoms with E-state index < -0.39 is 0 Å². The quantitative estimate of drug-likeness (QED) is 0.330. The van der Waals surface area contributed by atoms with Crippen molar-refractivity contribution in [2.24, 2.45) is 10.9 Å². The molecule has 27 heavy (non-hydrogen) atoms. The van der Waals surface area contributed by atoms with Gasteiger partial charge in [-0.2, -0.15) is 0 Å². The summed E-state index contributed by atoms with van der Waals surface area (Å²) in [6, 6.07) is 5.85. The second-order valence-electron chi connectivity index (χ2n) is 6.72. The van der Waals surface area contributed by atoms with Gasteiger partial charge in [0.1, 0.15) is 0 Å². The molecule has 0 spiro atoms. The molecular weight excluding hydrogens is 455 g/mol. The van der Waals surface area contributed by atoms with Crippen LogP contribution in [-0.2, 0) is 0 Å². The lowest BCUT2D eigenvalue weighted by Crippen LogP contribution is -2.32. The average Bonchev–Trinajstić information content (AvgIpc) is 2.65. The molecule has 2 N–H and O–H groups in total. The SMILES string of the molecule is CCNC(=NCCC1CCN(C)CC1)Nc1ccc(OCC)c(OC)c1.I. The third kappa shape index (κ3) is 8.13. The first-order valence-electron chi connectivity index (χ1n) is 9.71. The summed E-state index contributed by atoms with van der Waals surface area (Å²) in [5.41, 5.74) is 0.935. The lowest BCUT2D eigenvalue weighted by Gasteiger charge is -2.28. The van der Waals surface area contributed by atoms with Gasteiger partial charge in [0.15, 0.2) is 17.5 Å². The molecule has 0 bridgehead atoms. The van der Waals surface area contributed by atoms with Crippen molar-refractivity contribution in [3.05, 3.63) is 18.2 Å². The monoisotopic (exact) mass is 490 g/mol. The fraction of sp³-hybridized carbons (Fsp3) is 0.650. The number of hydrogen-bond acceptors (Lipinski definition) is 4. The van der Waals surface area contributed by atoms with E-state index >= 15 is 0 Å². The Morgan fingerprint density at radius 1 is 1.22 bits per heavy atom. The van der Waals surface area contributed by atoms with Gasteiger partial charge in [-0.05, 0) is 71.3 Å². The molecular formula is C20H35IN4O2. The first-order valence-corrected chi connectivity index (χ1v) is 9.71. The van der Waals surface area contributed by atoms with Crippen LogP contribution in [0.3, 0.4) is 0 Å². The van der Waals surface area contributed by atoms with Gasteiger partial charge in [0, 0.05) is 24.8 Å². The molecule has 6 nitrogen and oxygen atoms in total. The van der Waals surface area contributed by atoms with Crippen LogP contribution in [0.5, 0.6) is 11.5 Å². The molecule has 1 heterocycles. The maximum atomic E-state index is 5.57. The number of hydrogen-bond donors (Lipinski definition) is 2. The van der Waals surface area contributed by atoms with Gasteiger partial charge in [0.25, 0.3) is 0 Å². The Labute approximate surface area is 181 Å². The number of aliphatic imine (C=N–C) groups is 1. The molecule has 0 unspecified atom stereocenters. The molecule has 1 aromatic rings. The van der Waals surface area contributed by atoms with Crippen molar-refractivity contribution in [2.75, 3.05) is 52.3 Å². The standard InChI is InChI=1S/C20H34N4O2.HI/c1-5-21-20(22-12-9-16-10-13-24(3)14-11-16)23-17-7-8-18(26-6-2)19(15-17)25-4;/h7-8,15-16H,5-6,9-14H2,1-4H3,(H2,21,22,23);1H. The van der Waals surface area contributed by atoms with Gasteiger partial charge in [0.05, 0.1) is 13.7 Å². The lowest BCUT2D eigenvalue weighted by molar-refractivity contribution is 0.214. The van der Waals surface area contributed by atoms with Gasteiger partial charge < -0.3 is 25.0 Å². The zero-order chi connectivity index (χ0) is 18.8. The number of halogens is 1. The topological polar surface area (TPSA) is 58.1 Å². The van der Waals surface area contributed by atoms with E-state index in [1.807, 2.05) is 25.1 Å². The smallest absolute Gasteiger partial charge is 0.195 e. The van der Waals surface area contributed by atoms with Crippen LogP contribution in [0.15, 0.2) is 23.2 Å². The van der Waals surface area contributed by atoms with Crippen molar-refractivity contribution in [3.63, 3.8) is 0 Å². The average molecular weight is 490 g/mol. The maximum Gasteiger partial charge on any atom is 0.195 e. The summed E-state index contributed by atoms with van der Waals surface area (Å²) in [4.78, 5) is 7.15. The number of ether oxygens (including phenoxy) is 2. The van der Waals surface area contributed by atoms with E-state index in [1.165, 1.54) is 25.9 Å². The van der Waals surface area contributed by atoms with E-state index in [0.29, 0.717) is 6.61 Å². The molecule has 1 saturated heterocycles. The van der Waals surface area contributed by atoms with Crippen LogP contribution in [0.2, 0.25) is 0 Å². The Kier molecular flexibility index (Phi) is 11.5. The number of rotatable bonds is 8. The van der Waals surface area contributed by atoms with E-state index in [-0.39, 0.29) is 24.0 Å². The van der Waals surface area contributed by atoms with Gasteiger partial charge in [-0.15, -0.1) is 24.0 Å². The van der Waals surface area contributed by atoms with Crippen molar-refractivity contribution >= 4 is 35.6 Å². The molecule has 154 valence electrons. The van der Waals surface area contributed by atoms with Crippen molar-refractivity contribution in [2.45, 2.75) is 33.1 Å². The molecule has 1 fully saturated rings. The Balaban J connectivity index is 0.00000364. The maximum absolute atomic E-state index is 5.57. The highest BCUT2D eigenvalue weighted by Crippen LogP contribution is 2.30. The third-order valence-corrected chi connectivity index (χ3v) is 4.72. The first-order chi connectivity index (χ1) is 12.7. The van der Waals surface area contributed by atoms with Gasteiger partial charge in [0.2, 0.25) is 0 Å². The minimum atomic E-state index is 0. The molecule has 7 heteroatoms. The van der Waals surface area contributed by atoms with Gasteiger partial charge in [-0.25, -0.2) is 0 Å². The van der Waals surface area contributed by atoms with Crippen LogP contribution >= 0.6 is 24.0 Å². The molecule has 0 radical (unpaired) electrons. The Hall–Kier alpha value is -1.22. The number of likely N-dealkylation sites (tertiary alicyclic amines) is 1. The number of nitrogens with one attached hydrogen (secondary N) is 2. The number of piperidine rings is 1. The predicted octanol–water partition coefficient (Wildman–Crippen LogP) is 3.82. The molecule has 0 saturated carbocycles. The molecule has 1 aliphatic rings. The predicted molar refractivity (Wildman–Crippen MR) is 124 cm³/mol. The molecule has 0 aliphatic carbocycles. The Bertz CT molecular complexity index is 575. The summed E-state index contributed by atoms with van der Waals surface area (Å²) in [6.07, 6.45) is 3.72. The number of guanidine groups is 1. The van der Waals surface area contributed by atoms with Crippen molar-refractivity contribution in [1.82, 2.24) is 10.2 Å². The number of nitrogens with zero attached hydrogens (tertiary/aromatic N) is 2. The number of benzene rings is 1. The van der Waals surface area contributed by atoms with E-state index in [4.69, 9.17) is 14.5 Å². The summed E-state index contributed by atoms with van der Waals surface area (Å²) >= 11 is 0. The third-order valence-electron chi connectivity index (χ3n) is 4.72. The molecule has 1 aromatic carbocycles. The summed E-state index contributed by atoms with van der Waals surface area (Å²) in [7, 11) is 3.86. The highest BCUT2D eigenvalue weighted by Gasteiger charge is 2.16. The van der Waals surface area contributed by atoms with Gasteiger partial charge in [-0.3, -0.25) is 4.99 Å². The highest BCUT2D eigenvalue weighted by molar-refractivity contribution is 14.0. The largest absolute Gasteiger partial charge is 0.493 e. The van der Waals surface area contributed by atoms with E-state index in [1.54, 1.807) is 7.11 Å². The van der Waals surface area contributed by atoms with E-state index in [2.05, 4.69) is 29.5 Å². The molecule has 0 aromatic heterocycles. The van der Waals surface area contributed by atoms with Crippen LogP contribution in [0, 0.1) is 5.92 Å². The first kappa shape index (κ1) is 23.8. The molecule has 0 atom stereocenters. The normalized spacial score (nSPS) is 15.8. The van der Waals surface area contributed by atoms with Gasteiger partial charge >= 0.3 is 0 Å². The van der Waals surface area contributed by atoms with Crippen LogP contribution in [0.1, 0.15) is 33.1 Å². The van der Waals surface area contributed by atoms with Crippen molar-refractivity contribution in [3.8, 4) is 11.5 Å². The molecule has 1 aliphatic heterocycles. The lowest BCUT2D eigenvalue weighted by atomic mass is 9.94. The Morgan fingerprint density at radius 3 is 2.59 bits per heavy atom. The number of anilines is 1. The number of methoxy groups -OCH3 is 1. The van der Waals surface area contributed by atoms with Crippen molar-refractivity contribution in [1.29, 1.82) is 0 Å². The molecule has 0 amide bonds. The Morgan fingerprint density at radius 2 is 1.96 bits per heavy atom. The summed E-state index contributed by atoms with van der Waals surface area (Å²) in [6.45, 7) is 8.74. The summed E-state index contributed by atoms with van der Waals surface area (Å²) < 4.78 is 11.0. The minimum Gasteiger partial charge on any atom is -0.493 e. The van der Waals surface area contributed by atoms with Crippen molar-refractivity contribution < 1.29 is 9.47 Å². The summed E-state index contributed by atoms with van der Waals surface area (Å²) in [5, 5.41) is 6.68. The van der Waals surface area contributed by atoms with Crippen LogP contribution in [0.4, 0.5) is 5.69 Å². The van der Waals surface area contributed by atoms with E-state index in [9.17, 15) is 0 Å². The fourth-order valence-corrected chi connectivity index (χ4v) is 3.17. The van der Waals surface area contributed by atoms with Gasteiger partial charge in [-0.1, -0.05) is 0 Å². The minimum absolute atomic E-state index is 0. The fourth-order valence-electron chi connectivity index (χ4n) is 3.17. The second kappa shape index (κ2) is 13.0. The highest BCUT2D eigenvalue weighted by atomic mass is 127. The van der Waals surface area contributed by atoms with Crippen LogP contribution in [0.25, 0.3) is 0 Å². The molecule has 2 rings (SSSR count). The zero-order valence-corrected chi connectivity index (χ0v) is 19.4. The summed E-state index contributed by atoms with van der Waals surface area (Å²) in [5.74, 6) is 3.08. The van der Waals surface area contributed by atoms with E-state index in [0.717, 1.165) is 48.6 Å². The second-order valence-corrected chi connectivity index (χ2v) is 6.72. The zero-order valence-electron chi connectivity index (χ0n) is 17.1.